The van der Waals surface area contributed by atoms with E-state index in [2.05, 4.69) is 37.9 Å². The van der Waals surface area contributed by atoms with E-state index in [9.17, 15) is 0 Å². The number of hydrogen-bond donors (Lipinski definition) is 1. The third kappa shape index (κ3) is 3.34. The maximum Gasteiger partial charge on any atom is 0.191 e. The molecule has 0 unspecified atom stereocenters. The number of thioether (sulfide) groups is 1. The lowest BCUT2D eigenvalue weighted by Crippen LogP contribution is -2.35. The molecule has 0 bridgehead atoms. The van der Waals surface area contributed by atoms with Crippen LogP contribution >= 0.6 is 11.8 Å². The summed E-state index contributed by atoms with van der Waals surface area (Å²) in [6.45, 7) is 8.24. The molecule has 0 aromatic rings. The van der Waals surface area contributed by atoms with E-state index in [0.717, 1.165) is 5.17 Å². The van der Waals surface area contributed by atoms with Gasteiger partial charge in [-0.15, -0.1) is 5.10 Å². The molecule has 0 aromatic heterocycles. The lowest BCUT2D eigenvalue weighted by atomic mass is 10.3. The molecule has 1 heterocycles. The molecule has 0 radical (unpaired) electrons. The van der Waals surface area contributed by atoms with Gasteiger partial charge in [0.2, 0.25) is 0 Å². The molecule has 0 amide bonds. The van der Waals surface area contributed by atoms with E-state index in [1.165, 1.54) is 0 Å². The van der Waals surface area contributed by atoms with Crippen LogP contribution < -0.4 is 0 Å². The standard InChI is InChI=1S/C10H18N4S/c1-7(2)5-12-13-10-14(8(3)4)9(11)6-15-10/h5,7-8,11H,6H2,1-4H3/b11-9?,12-5+,13-10-. The van der Waals surface area contributed by atoms with Crippen molar-refractivity contribution in [2.75, 3.05) is 5.75 Å². The van der Waals surface area contributed by atoms with E-state index < -0.39 is 0 Å². The molecule has 4 nitrogen and oxygen atoms in total. The van der Waals surface area contributed by atoms with Crippen molar-refractivity contribution < 1.29 is 0 Å². The second-order valence-electron chi connectivity index (χ2n) is 4.09. The van der Waals surface area contributed by atoms with Gasteiger partial charge in [0, 0.05) is 12.3 Å². The van der Waals surface area contributed by atoms with Crippen LogP contribution in [0.5, 0.6) is 0 Å². The third-order valence-corrected chi connectivity index (χ3v) is 2.81. The quantitative estimate of drug-likeness (QED) is 0.593. The normalized spacial score (nSPS) is 20.5. The SMILES string of the molecule is CC(C)/C=N/N=C1\SCC(=N)N1C(C)C. The van der Waals surface area contributed by atoms with E-state index in [1.54, 1.807) is 11.8 Å². The van der Waals surface area contributed by atoms with Crippen LogP contribution in [0.4, 0.5) is 0 Å². The summed E-state index contributed by atoms with van der Waals surface area (Å²) < 4.78 is 0. The summed E-state index contributed by atoms with van der Waals surface area (Å²) in [5.74, 6) is 1.73. The second-order valence-corrected chi connectivity index (χ2v) is 5.03. The van der Waals surface area contributed by atoms with Crippen LogP contribution in [-0.4, -0.2) is 33.9 Å². The fourth-order valence-corrected chi connectivity index (χ4v) is 2.18. The summed E-state index contributed by atoms with van der Waals surface area (Å²) in [7, 11) is 0. The largest absolute Gasteiger partial charge is 0.305 e. The minimum Gasteiger partial charge on any atom is -0.305 e. The van der Waals surface area contributed by atoms with Gasteiger partial charge in [-0.1, -0.05) is 25.6 Å². The van der Waals surface area contributed by atoms with Crippen LogP contribution in [0.25, 0.3) is 0 Å². The Kier molecular flexibility index (Phi) is 4.32. The Morgan fingerprint density at radius 1 is 1.40 bits per heavy atom. The summed E-state index contributed by atoms with van der Waals surface area (Å²) in [6.07, 6.45) is 1.81. The smallest absolute Gasteiger partial charge is 0.191 e. The zero-order chi connectivity index (χ0) is 11.4. The van der Waals surface area contributed by atoms with E-state index in [1.807, 2.05) is 11.1 Å². The Morgan fingerprint density at radius 2 is 2.07 bits per heavy atom. The summed E-state index contributed by atoms with van der Waals surface area (Å²) >= 11 is 1.58. The van der Waals surface area contributed by atoms with Crippen LogP contribution in [0, 0.1) is 11.3 Å². The number of nitrogens with zero attached hydrogens (tertiary/aromatic N) is 3. The first-order valence-electron chi connectivity index (χ1n) is 5.13. The first kappa shape index (κ1) is 12.2. The number of rotatable bonds is 3. The fourth-order valence-electron chi connectivity index (χ4n) is 1.21. The Labute approximate surface area is 95.3 Å². The third-order valence-electron chi connectivity index (χ3n) is 1.86. The highest BCUT2D eigenvalue weighted by atomic mass is 32.2. The molecule has 0 aromatic carbocycles. The van der Waals surface area contributed by atoms with Crippen LogP contribution in [-0.2, 0) is 0 Å². The highest BCUT2D eigenvalue weighted by Crippen LogP contribution is 2.21. The highest BCUT2D eigenvalue weighted by Gasteiger charge is 2.27. The van der Waals surface area contributed by atoms with Crippen molar-refractivity contribution in [3.05, 3.63) is 0 Å². The van der Waals surface area contributed by atoms with Crippen molar-refractivity contribution in [2.45, 2.75) is 33.7 Å². The molecule has 0 atom stereocenters. The predicted octanol–water partition coefficient (Wildman–Crippen LogP) is 2.42. The van der Waals surface area contributed by atoms with Crippen molar-refractivity contribution in [2.24, 2.45) is 16.1 Å². The van der Waals surface area contributed by atoms with Gasteiger partial charge in [0.25, 0.3) is 0 Å². The molecule has 5 heteroatoms. The second kappa shape index (κ2) is 5.30. The van der Waals surface area contributed by atoms with Crippen molar-refractivity contribution in [3.63, 3.8) is 0 Å². The van der Waals surface area contributed by atoms with Crippen molar-refractivity contribution in [3.8, 4) is 0 Å². The lowest BCUT2D eigenvalue weighted by Gasteiger charge is -2.21. The summed E-state index contributed by atoms with van der Waals surface area (Å²) in [4.78, 5) is 1.92. The van der Waals surface area contributed by atoms with Gasteiger partial charge in [0.05, 0.1) is 5.75 Å². The molecule has 1 fully saturated rings. The van der Waals surface area contributed by atoms with Crippen LogP contribution in [0.15, 0.2) is 10.2 Å². The zero-order valence-electron chi connectivity index (χ0n) is 9.69. The summed E-state index contributed by atoms with van der Waals surface area (Å²) in [5.41, 5.74) is 0. The van der Waals surface area contributed by atoms with E-state index in [-0.39, 0.29) is 6.04 Å². The Morgan fingerprint density at radius 3 is 2.60 bits per heavy atom. The van der Waals surface area contributed by atoms with Crippen LogP contribution in [0.1, 0.15) is 27.7 Å². The topological polar surface area (TPSA) is 51.8 Å². The van der Waals surface area contributed by atoms with Gasteiger partial charge in [0.1, 0.15) is 5.84 Å². The summed E-state index contributed by atoms with van der Waals surface area (Å²) in [6, 6.07) is 0.278. The molecular formula is C10H18N4S. The lowest BCUT2D eigenvalue weighted by molar-refractivity contribution is 0.506. The number of nitrogens with one attached hydrogen (secondary N) is 1. The Bertz CT molecular complexity index is 294. The van der Waals surface area contributed by atoms with Crippen LogP contribution in [0.2, 0.25) is 0 Å². The fraction of sp³-hybridized carbons (Fsp3) is 0.700. The molecule has 1 aliphatic rings. The molecule has 84 valence electrons. The minimum absolute atomic E-state index is 0.278. The zero-order valence-corrected chi connectivity index (χ0v) is 10.5. The monoisotopic (exact) mass is 226 g/mol. The molecule has 0 saturated carbocycles. The number of amidine groups is 2. The molecule has 0 aliphatic carbocycles. The maximum absolute atomic E-state index is 7.76. The highest BCUT2D eigenvalue weighted by molar-refractivity contribution is 8.15. The van der Waals surface area contributed by atoms with Gasteiger partial charge in [-0.05, 0) is 19.8 Å². The predicted molar refractivity (Wildman–Crippen MR) is 67.9 cm³/mol. The van der Waals surface area contributed by atoms with E-state index in [0.29, 0.717) is 17.5 Å². The first-order chi connectivity index (χ1) is 7.02. The molecule has 1 rings (SSSR count). The molecule has 1 aliphatic heterocycles. The Hall–Kier alpha value is -0.840. The summed E-state index contributed by atoms with van der Waals surface area (Å²) in [5, 5.41) is 16.8. The molecule has 1 N–H and O–H groups in total. The van der Waals surface area contributed by atoms with Gasteiger partial charge in [-0.3, -0.25) is 5.41 Å². The number of hydrogen-bond acceptors (Lipinski definition) is 4. The molecule has 0 spiro atoms. The molecular weight excluding hydrogens is 208 g/mol. The van der Waals surface area contributed by atoms with Gasteiger partial charge in [-0.25, -0.2) is 0 Å². The molecule has 15 heavy (non-hydrogen) atoms. The van der Waals surface area contributed by atoms with Gasteiger partial charge >= 0.3 is 0 Å². The maximum atomic E-state index is 7.76. The Balaban J connectivity index is 2.73. The van der Waals surface area contributed by atoms with Crippen molar-refractivity contribution >= 4 is 29.0 Å². The van der Waals surface area contributed by atoms with Crippen LogP contribution in [0.3, 0.4) is 0 Å². The first-order valence-corrected chi connectivity index (χ1v) is 6.11. The minimum atomic E-state index is 0.278. The van der Waals surface area contributed by atoms with Crippen molar-refractivity contribution in [1.29, 1.82) is 5.41 Å². The van der Waals surface area contributed by atoms with E-state index in [4.69, 9.17) is 5.41 Å². The van der Waals surface area contributed by atoms with E-state index >= 15 is 0 Å². The average molecular weight is 226 g/mol. The van der Waals surface area contributed by atoms with Crippen molar-refractivity contribution in [1.82, 2.24) is 4.90 Å². The molecule has 1 saturated heterocycles. The van der Waals surface area contributed by atoms with Gasteiger partial charge in [0.15, 0.2) is 5.17 Å². The average Bonchev–Trinajstić information content (AvgIpc) is 2.46. The van der Waals surface area contributed by atoms with Gasteiger partial charge in [-0.2, -0.15) is 5.10 Å². The van der Waals surface area contributed by atoms with Gasteiger partial charge < -0.3 is 4.90 Å².